The minimum Gasteiger partial charge on any atom is -0.0619 e. The van der Waals surface area contributed by atoms with Crippen LogP contribution in [0.2, 0.25) is 0 Å². The van der Waals surface area contributed by atoms with Crippen LogP contribution >= 0.6 is 0 Å². The van der Waals surface area contributed by atoms with Crippen LogP contribution < -0.4 is 0 Å². The number of rotatable bonds is 0. The van der Waals surface area contributed by atoms with E-state index >= 15 is 0 Å². The van der Waals surface area contributed by atoms with Crippen LogP contribution in [0.5, 0.6) is 0 Å². The van der Waals surface area contributed by atoms with Crippen molar-refractivity contribution < 1.29 is 0 Å². The van der Waals surface area contributed by atoms with Crippen molar-refractivity contribution in [2.24, 2.45) is 0 Å². The van der Waals surface area contributed by atoms with E-state index in [9.17, 15) is 0 Å². The molecular formula is C25H26. The smallest absolute Gasteiger partial charge is 0.000558 e. The molecule has 0 spiro atoms. The molecule has 126 valence electrons. The van der Waals surface area contributed by atoms with Crippen LogP contribution in [-0.2, 0) is 10.8 Å². The quantitative estimate of drug-likeness (QED) is 0.421. The lowest BCUT2D eigenvalue weighted by atomic mass is 9.57. The largest absolute Gasteiger partial charge is 0.0619 e. The zero-order valence-electron chi connectivity index (χ0n) is 15.9. The van der Waals surface area contributed by atoms with Gasteiger partial charge in [0.1, 0.15) is 0 Å². The zero-order chi connectivity index (χ0) is 17.8. The van der Waals surface area contributed by atoms with Crippen molar-refractivity contribution in [1.82, 2.24) is 0 Å². The summed E-state index contributed by atoms with van der Waals surface area (Å²) >= 11 is 0. The van der Waals surface area contributed by atoms with E-state index in [4.69, 9.17) is 0 Å². The highest BCUT2D eigenvalue weighted by atomic mass is 14.5. The molecule has 0 N–H and O–H groups in total. The summed E-state index contributed by atoms with van der Waals surface area (Å²) in [5.41, 5.74) is 9.64. The molecule has 0 nitrogen and oxygen atoms in total. The standard InChI is InChI=1S/C25H26/c1-17-14-15-21-19-11-7-6-10-18(19)20-12-8-9-13-22(20)24(2,3)25(4,5)23(21)16-17/h6-16H,1-5H3. The van der Waals surface area contributed by atoms with Crippen molar-refractivity contribution in [2.75, 3.05) is 0 Å². The first-order valence-corrected chi connectivity index (χ1v) is 9.14. The fraction of sp³-hybridized carbons (Fsp3) is 0.280. The van der Waals surface area contributed by atoms with E-state index in [0.29, 0.717) is 0 Å². The van der Waals surface area contributed by atoms with Crippen LogP contribution in [0.3, 0.4) is 0 Å². The molecule has 0 unspecified atom stereocenters. The first-order chi connectivity index (χ1) is 11.8. The number of fused-ring (bicyclic) bond motifs is 5. The van der Waals surface area contributed by atoms with Crippen LogP contribution in [0, 0.1) is 6.92 Å². The first-order valence-electron chi connectivity index (χ1n) is 9.14. The molecule has 0 atom stereocenters. The molecule has 0 amide bonds. The third-order valence-electron chi connectivity index (χ3n) is 6.52. The molecular weight excluding hydrogens is 300 g/mol. The van der Waals surface area contributed by atoms with Gasteiger partial charge in [0.2, 0.25) is 0 Å². The van der Waals surface area contributed by atoms with Gasteiger partial charge >= 0.3 is 0 Å². The van der Waals surface area contributed by atoms with Gasteiger partial charge in [-0.1, -0.05) is 100.0 Å². The Balaban J connectivity index is 2.21. The topological polar surface area (TPSA) is 0 Å². The van der Waals surface area contributed by atoms with Crippen LogP contribution in [0.25, 0.3) is 22.3 Å². The number of aryl methyl sites for hydroxylation is 1. The van der Waals surface area contributed by atoms with Gasteiger partial charge in [-0.25, -0.2) is 0 Å². The van der Waals surface area contributed by atoms with Gasteiger partial charge in [0.25, 0.3) is 0 Å². The summed E-state index contributed by atoms with van der Waals surface area (Å²) in [4.78, 5) is 0. The Kier molecular flexibility index (Phi) is 3.44. The Hall–Kier alpha value is -2.34. The Labute approximate surface area is 151 Å². The predicted molar refractivity (Wildman–Crippen MR) is 108 cm³/mol. The number of benzene rings is 3. The molecule has 1 aliphatic rings. The molecule has 3 aromatic carbocycles. The van der Waals surface area contributed by atoms with Crippen LogP contribution in [0.15, 0.2) is 66.7 Å². The molecule has 25 heavy (non-hydrogen) atoms. The van der Waals surface area contributed by atoms with Crippen molar-refractivity contribution in [2.45, 2.75) is 45.4 Å². The maximum atomic E-state index is 2.40. The third kappa shape index (κ3) is 2.20. The average molecular weight is 326 g/mol. The lowest BCUT2D eigenvalue weighted by Gasteiger charge is -2.46. The van der Waals surface area contributed by atoms with Gasteiger partial charge in [-0.05, 0) is 51.1 Å². The Bertz CT molecular complexity index is 957. The molecule has 0 heterocycles. The molecule has 3 aromatic rings. The normalized spacial score (nSPS) is 16.8. The minimum atomic E-state index is 0.0119. The molecule has 0 bridgehead atoms. The molecule has 0 aromatic heterocycles. The van der Waals surface area contributed by atoms with Crippen LogP contribution in [0.4, 0.5) is 0 Å². The highest BCUT2D eigenvalue weighted by Gasteiger charge is 2.43. The monoisotopic (exact) mass is 326 g/mol. The van der Waals surface area contributed by atoms with Gasteiger partial charge in [0, 0.05) is 0 Å². The molecule has 1 aliphatic carbocycles. The maximum Gasteiger partial charge on any atom is -0.000558 e. The van der Waals surface area contributed by atoms with E-state index in [1.165, 1.54) is 38.9 Å². The SMILES string of the molecule is Cc1ccc2c(c1)C(C)(C)C(C)(C)c1ccccc1-c1ccccc1-2. The van der Waals surface area contributed by atoms with Crippen molar-refractivity contribution in [1.29, 1.82) is 0 Å². The molecule has 0 saturated heterocycles. The van der Waals surface area contributed by atoms with Gasteiger partial charge < -0.3 is 0 Å². The highest BCUT2D eigenvalue weighted by Crippen LogP contribution is 2.52. The third-order valence-corrected chi connectivity index (χ3v) is 6.52. The van der Waals surface area contributed by atoms with Gasteiger partial charge in [-0.15, -0.1) is 0 Å². The van der Waals surface area contributed by atoms with E-state index < -0.39 is 0 Å². The lowest BCUT2D eigenvalue weighted by Crippen LogP contribution is -2.41. The fourth-order valence-electron chi connectivity index (χ4n) is 4.30. The van der Waals surface area contributed by atoms with E-state index in [1.807, 2.05) is 0 Å². The Morgan fingerprint density at radius 2 is 1.00 bits per heavy atom. The summed E-state index contributed by atoms with van der Waals surface area (Å²) in [6, 6.07) is 24.7. The van der Waals surface area contributed by atoms with Crippen LogP contribution in [0.1, 0.15) is 44.4 Å². The summed E-state index contributed by atoms with van der Waals surface area (Å²) in [6.45, 7) is 11.8. The fourth-order valence-corrected chi connectivity index (χ4v) is 4.30. The second-order valence-corrected chi connectivity index (χ2v) is 8.39. The molecule has 4 rings (SSSR count). The Morgan fingerprint density at radius 3 is 1.64 bits per heavy atom. The zero-order valence-corrected chi connectivity index (χ0v) is 15.9. The van der Waals surface area contributed by atoms with E-state index in [2.05, 4.69) is 101 Å². The van der Waals surface area contributed by atoms with E-state index in [1.54, 1.807) is 0 Å². The van der Waals surface area contributed by atoms with Gasteiger partial charge in [0.15, 0.2) is 0 Å². The van der Waals surface area contributed by atoms with Crippen LogP contribution in [-0.4, -0.2) is 0 Å². The van der Waals surface area contributed by atoms with Gasteiger partial charge in [-0.3, -0.25) is 0 Å². The van der Waals surface area contributed by atoms with Gasteiger partial charge in [-0.2, -0.15) is 0 Å². The molecule has 0 saturated carbocycles. The molecule has 0 radical (unpaired) electrons. The summed E-state index contributed by atoms with van der Waals surface area (Å²) < 4.78 is 0. The minimum absolute atomic E-state index is 0.0119. The van der Waals surface area contributed by atoms with Crippen molar-refractivity contribution in [3.05, 3.63) is 83.4 Å². The molecule has 0 fully saturated rings. The predicted octanol–water partition coefficient (Wildman–Crippen LogP) is 6.90. The summed E-state index contributed by atoms with van der Waals surface area (Å²) in [5.74, 6) is 0. The summed E-state index contributed by atoms with van der Waals surface area (Å²) in [6.07, 6.45) is 0. The maximum absolute atomic E-state index is 2.40. The Morgan fingerprint density at radius 1 is 0.520 bits per heavy atom. The molecule has 0 heteroatoms. The number of hydrogen-bond acceptors (Lipinski definition) is 0. The summed E-state index contributed by atoms with van der Waals surface area (Å²) in [5, 5.41) is 0. The van der Waals surface area contributed by atoms with E-state index in [-0.39, 0.29) is 10.8 Å². The van der Waals surface area contributed by atoms with E-state index in [0.717, 1.165) is 0 Å². The highest BCUT2D eigenvalue weighted by molar-refractivity contribution is 5.88. The second-order valence-electron chi connectivity index (χ2n) is 8.39. The van der Waals surface area contributed by atoms with Crippen molar-refractivity contribution in [3.63, 3.8) is 0 Å². The lowest BCUT2D eigenvalue weighted by molar-refractivity contribution is 0.304. The van der Waals surface area contributed by atoms with Crippen molar-refractivity contribution in [3.8, 4) is 22.3 Å². The molecule has 0 aliphatic heterocycles. The first kappa shape index (κ1) is 16.1. The average Bonchev–Trinajstić information content (AvgIpc) is 2.61. The second kappa shape index (κ2) is 5.33. The van der Waals surface area contributed by atoms with Gasteiger partial charge in [0.05, 0.1) is 0 Å². The number of hydrogen-bond donors (Lipinski definition) is 0. The summed E-state index contributed by atoms with van der Waals surface area (Å²) in [7, 11) is 0. The van der Waals surface area contributed by atoms with Crippen molar-refractivity contribution >= 4 is 0 Å².